The van der Waals surface area contributed by atoms with Crippen LogP contribution in [0.4, 0.5) is 0 Å². The lowest BCUT2D eigenvalue weighted by Gasteiger charge is -2.37. The highest BCUT2D eigenvalue weighted by Gasteiger charge is 2.36. The fourth-order valence-corrected chi connectivity index (χ4v) is 6.27. The van der Waals surface area contributed by atoms with Crippen LogP contribution in [-0.4, -0.2) is 43.8 Å². The van der Waals surface area contributed by atoms with Crippen molar-refractivity contribution in [2.24, 2.45) is 5.92 Å². The Labute approximate surface area is 212 Å². The van der Waals surface area contributed by atoms with Crippen LogP contribution in [-0.2, 0) is 26.1 Å². The van der Waals surface area contributed by atoms with Gasteiger partial charge in [-0.05, 0) is 67.6 Å². The second-order valence-electron chi connectivity index (χ2n) is 8.84. The van der Waals surface area contributed by atoms with Crippen LogP contribution in [0.25, 0.3) is 0 Å². The fourth-order valence-electron chi connectivity index (χ4n) is 4.40. The van der Waals surface area contributed by atoms with Gasteiger partial charge in [0, 0.05) is 29.7 Å². The molecule has 35 heavy (non-hydrogen) atoms. The van der Waals surface area contributed by atoms with Gasteiger partial charge in [-0.25, -0.2) is 8.42 Å². The summed E-state index contributed by atoms with van der Waals surface area (Å²) in [6, 6.07) is 13.1. The summed E-state index contributed by atoms with van der Waals surface area (Å²) < 4.78 is 33.8. The molecular weight excluding hydrogens is 488 g/mol. The van der Waals surface area contributed by atoms with Crippen LogP contribution in [0.1, 0.15) is 61.9 Å². The van der Waals surface area contributed by atoms with Crippen LogP contribution in [0.15, 0.2) is 53.4 Å². The van der Waals surface area contributed by atoms with Crippen LogP contribution >= 0.6 is 11.6 Å². The van der Waals surface area contributed by atoms with E-state index in [-0.39, 0.29) is 48.2 Å². The van der Waals surface area contributed by atoms with E-state index in [1.807, 2.05) is 0 Å². The van der Waals surface area contributed by atoms with E-state index in [1.165, 1.54) is 0 Å². The van der Waals surface area contributed by atoms with Crippen LogP contribution in [0, 0.1) is 5.92 Å². The van der Waals surface area contributed by atoms with Crippen molar-refractivity contribution in [1.29, 1.82) is 0 Å². The lowest BCUT2D eigenvalue weighted by atomic mass is 9.86. The monoisotopic (exact) mass is 520 g/mol. The quantitative estimate of drug-likeness (QED) is 0.454. The van der Waals surface area contributed by atoms with Crippen molar-refractivity contribution in [2.45, 2.75) is 63.4 Å². The minimum atomic E-state index is -3.75. The summed E-state index contributed by atoms with van der Waals surface area (Å²) >= 11 is 5.98. The SMILES string of the molecule is CCOC(=O)CCNC(=O)c1ccc(CN(C2CCCCC2C)S(=O)(=O)c2ccc(Cl)cc2)cc1. The topological polar surface area (TPSA) is 92.8 Å². The summed E-state index contributed by atoms with van der Waals surface area (Å²) in [5.74, 6) is -0.412. The van der Waals surface area contributed by atoms with Crippen molar-refractivity contribution in [3.8, 4) is 0 Å². The Balaban J connectivity index is 1.76. The first-order chi connectivity index (χ1) is 16.7. The number of hydrogen-bond acceptors (Lipinski definition) is 5. The van der Waals surface area contributed by atoms with E-state index in [2.05, 4.69) is 12.2 Å². The zero-order chi connectivity index (χ0) is 25.4. The van der Waals surface area contributed by atoms with Gasteiger partial charge in [-0.15, -0.1) is 0 Å². The molecule has 1 aliphatic rings. The lowest BCUT2D eigenvalue weighted by molar-refractivity contribution is -0.142. The molecule has 1 fully saturated rings. The molecule has 2 unspecified atom stereocenters. The number of sulfonamides is 1. The van der Waals surface area contributed by atoms with Crippen LogP contribution in [0.2, 0.25) is 5.02 Å². The van der Waals surface area contributed by atoms with Gasteiger partial charge >= 0.3 is 5.97 Å². The number of amides is 1. The molecule has 190 valence electrons. The van der Waals surface area contributed by atoms with Crippen molar-refractivity contribution in [3.05, 3.63) is 64.7 Å². The number of ether oxygens (including phenoxy) is 1. The zero-order valence-corrected chi connectivity index (χ0v) is 21.8. The minimum Gasteiger partial charge on any atom is -0.466 e. The third-order valence-electron chi connectivity index (χ3n) is 6.33. The smallest absolute Gasteiger partial charge is 0.307 e. The first-order valence-electron chi connectivity index (χ1n) is 12.0. The maximum Gasteiger partial charge on any atom is 0.307 e. The summed E-state index contributed by atoms with van der Waals surface area (Å²) in [6.45, 7) is 4.54. The highest BCUT2D eigenvalue weighted by molar-refractivity contribution is 7.89. The Kier molecular flexibility index (Phi) is 9.71. The predicted molar refractivity (Wildman–Crippen MR) is 136 cm³/mol. The lowest BCUT2D eigenvalue weighted by Crippen LogP contribution is -2.44. The molecule has 1 aliphatic carbocycles. The van der Waals surface area contributed by atoms with E-state index < -0.39 is 10.0 Å². The van der Waals surface area contributed by atoms with Gasteiger partial charge in [0.25, 0.3) is 5.91 Å². The molecule has 0 aliphatic heterocycles. The molecule has 0 aromatic heterocycles. The van der Waals surface area contributed by atoms with Gasteiger partial charge in [0.1, 0.15) is 0 Å². The number of esters is 1. The molecule has 2 aromatic carbocycles. The zero-order valence-electron chi connectivity index (χ0n) is 20.2. The summed E-state index contributed by atoms with van der Waals surface area (Å²) in [4.78, 5) is 24.0. The molecule has 9 heteroatoms. The highest BCUT2D eigenvalue weighted by atomic mass is 35.5. The molecule has 3 rings (SSSR count). The van der Waals surface area contributed by atoms with Gasteiger partial charge in [-0.1, -0.05) is 43.5 Å². The van der Waals surface area contributed by atoms with Crippen LogP contribution < -0.4 is 5.32 Å². The Morgan fingerprint density at radius 2 is 1.71 bits per heavy atom. The number of nitrogens with zero attached hydrogens (tertiary/aromatic N) is 1. The van der Waals surface area contributed by atoms with E-state index in [9.17, 15) is 18.0 Å². The third kappa shape index (κ3) is 7.29. The Morgan fingerprint density at radius 3 is 2.34 bits per heavy atom. The minimum absolute atomic E-state index is 0.102. The molecule has 2 aromatic rings. The molecule has 2 atom stereocenters. The van der Waals surface area contributed by atoms with Gasteiger partial charge in [0.05, 0.1) is 17.9 Å². The van der Waals surface area contributed by atoms with Crippen molar-refractivity contribution in [1.82, 2.24) is 9.62 Å². The summed E-state index contributed by atoms with van der Waals surface area (Å²) in [5, 5.41) is 3.18. The standard InChI is InChI=1S/C26H33ClN2O5S/c1-3-34-25(30)16-17-28-26(31)21-10-8-20(9-11-21)18-29(24-7-5-4-6-19(24)2)35(32,33)23-14-12-22(27)13-15-23/h8-15,19,24H,3-7,16-18H2,1-2H3,(H,28,31). The molecule has 0 saturated heterocycles. The largest absolute Gasteiger partial charge is 0.466 e. The van der Waals surface area contributed by atoms with Crippen molar-refractivity contribution < 1.29 is 22.7 Å². The summed E-state index contributed by atoms with van der Waals surface area (Å²) in [7, 11) is -3.75. The molecule has 0 spiro atoms. The summed E-state index contributed by atoms with van der Waals surface area (Å²) in [5.41, 5.74) is 1.24. The predicted octanol–water partition coefficient (Wildman–Crippen LogP) is 4.79. The average Bonchev–Trinajstić information content (AvgIpc) is 2.84. The van der Waals surface area contributed by atoms with Gasteiger partial charge in [-0.2, -0.15) is 4.31 Å². The summed E-state index contributed by atoms with van der Waals surface area (Å²) in [6.07, 6.45) is 4.00. The number of carbonyl (C=O) groups is 2. The first-order valence-corrected chi connectivity index (χ1v) is 13.8. The van der Waals surface area contributed by atoms with Crippen LogP contribution in [0.5, 0.6) is 0 Å². The van der Waals surface area contributed by atoms with E-state index >= 15 is 0 Å². The number of nitrogens with one attached hydrogen (secondary N) is 1. The second-order valence-corrected chi connectivity index (χ2v) is 11.2. The first kappa shape index (κ1) is 27.2. The van der Waals surface area contributed by atoms with Gasteiger partial charge in [-0.3, -0.25) is 9.59 Å². The number of benzene rings is 2. The fraction of sp³-hybridized carbons (Fsp3) is 0.462. The average molecular weight is 521 g/mol. The van der Waals surface area contributed by atoms with E-state index in [4.69, 9.17) is 16.3 Å². The number of hydrogen-bond donors (Lipinski definition) is 1. The molecule has 0 bridgehead atoms. The van der Waals surface area contributed by atoms with Gasteiger partial charge in [0.2, 0.25) is 10.0 Å². The number of carbonyl (C=O) groups excluding carboxylic acids is 2. The molecule has 1 saturated carbocycles. The van der Waals surface area contributed by atoms with Crippen LogP contribution in [0.3, 0.4) is 0 Å². The third-order valence-corrected chi connectivity index (χ3v) is 8.47. The highest BCUT2D eigenvalue weighted by Crippen LogP contribution is 2.33. The molecule has 1 amide bonds. The van der Waals surface area contributed by atoms with Crippen molar-refractivity contribution >= 4 is 33.5 Å². The maximum absolute atomic E-state index is 13.7. The second kappa shape index (κ2) is 12.5. The van der Waals surface area contributed by atoms with Crippen molar-refractivity contribution in [3.63, 3.8) is 0 Å². The van der Waals surface area contributed by atoms with E-state index in [0.29, 0.717) is 17.2 Å². The maximum atomic E-state index is 13.7. The van der Waals surface area contributed by atoms with Crippen molar-refractivity contribution in [2.75, 3.05) is 13.2 Å². The molecule has 1 N–H and O–H groups in total. The Bertz CT molecular complexity index is 1100. The molecular formula is C26H33ClN2O5S. The Hall–Kier alpha value is -2.42. The molecule has 0 radical (unpaired) electrons. The molecule has 0 heterocycles. The van der Waals surface area contributed by atoms with E-state index in [1.54, 1.807) is 59.8 Å². The number of halogens is 1. The van der Waals surface area contributed by atoms with E-state index in [0.717, 1.165) is 31.2 Å². The normalized spacial score (nSPS) is 18.3. The van der Waals surface area contributed by atoms with Gasteiger partial charge < -0.3 is 10.1 Å². The molecule has 7 nitrogen and oxygen atoms in total. The Morgan fingerprint density at radius 1 is 1.06 bits per heavy atom. The number of rotatable bonds is 10. The van der Waals surface area contributed by atoms with Gasteiger partial charge in [0.15, 0.2) is 0 Å².